The normalized spacial score (nSPS) is 14.3. The molecule has 2 amide bonds. The van der Waals surface area contributed by atoms with Gasteiger partial charge in [-0.05, 0) is 62.9 Å². The first kappa shape index (κ1) is 27.3. The van der Waals surface area contributed by atoms with Gasteiger partial charge in [0.1, 0.15) is 5.00 Å². The minimum absolute atomic E-state index is 0.169. The molecule has 8 nitrogen and oxygen atoms in total. The van der Waals surface area contributed by atoms with Crippen molar-refractivity contribution >= 4 is 38.2 Å². The van der Waals surface area contributed by atoms with Crippen LogP contribution in [0.2, 0.25) is 0 Å². The van der Waals surface area contributed by atoms with Crippen molar-refractivity contribution < 1.29 is 18.0 Å². The molecule has 10 heteroatoms. The summed E-state index contributed by atoms with van der Waals surface area (Å²) in [5, 5.41) is 6.12. The van der Waals surface area contributed by atoms with Gasteiger partial charge < -0.3 is 10.6 Å². The van der Waals surface area contributed by atoms with Crippen LogP contribution < -0.4 is 10.6 Å². The van der Waals surface area contributed by atoms with Crippen LogP contribution in [0.4, 0.5) is 5.00 Å². The average molecular weight is 521 g/mol. The van der Waals surface area contributed by atoms with Gasteiger partial charge in [0.15, 0.2) is 0 Å². The zero-order valence-corrected chi connectivity index (χ0v) is 22.8. The molecule has 0 spiro atoms. The molecule has 0 bridgehead atoms. The summed E-state index contributed by atoms with van der Waals surface area (Å²) in [6, 6.07) is 6.38. The summed E-state index contributed by atoms with van der Waals surface area (Å²) in [4.78, 5) is 29.3. The number of thiophene rings is 1. The van der Waals surface area contributed by atoms with Crippen molar-refractivity contribution in [2.45, 2.75) is 64.4 Å². The first-order chi connectivity index (χ1) is 16.6. The zero-order chi connectivity index (χ0) is 25.8. The summed E-state index contributed by atoms with van der Waals surface area (Å²) < 4.78 is 27.5. The largest absolute Gasteiger partial charge is 0.355 e. The third kappa shape index (κ3) is 5.94. The van der Waals surface area contributed by atoms with Crippen molar-refractivity contribution in [1.29, 1.82) is 0 Å². The van der Waals surface area contributed by atoms with Crippen LogP contribution in [0.5, 0.6) is 0 Å². The van der Waals surface area contributed by atoms with E-state index in [1.807, 2.05) is 13.8 Å². The van der Waals surface area contributed by atoms with Gasteiger partial charge in [0, 0.05) is 49.7 Å². The predicted octanol–water partition coefficient (Wildman–Crippen LogP) is 3.94. The molecule has 3 rings (SSSR count). The predicted molar refractivity (Wildman–Crippen MR) is 141 cm³/mol. The number of carbonyl (C=O) groups is 2. The number of amides is 2. The van der Waals surface area contributed by atoms with Crippen LogP contribution in [0.1, 0.15) is 71.7 Å². The molecule has 35 heavy (non-hydrogen) atoms. The molecule has 1 aromatic carbocycles. The number of carbonyl (C=O) groups excluding carboxylic acids is 2. The van der Waals surface area contributed by atoms with Crippen LogP contribution in [-0.4, -0.2) is 62.2 Å². The number of fused-ring (bicyclic) bond motifs is 1. The second-order valence-electron chi connectivity index (χ2n) is 8.98. The van der Waals surface area contributed by atoms with E-state index in [9.17, 15) is 18.0 Å². The Labute approximate surface area is 212 Å². The van der Waals surface area contributed by atoms with Crippen LogP contribution >= 0.6 is 11.3 Å². The summed E-state index contributed by atoms with van der Waals surface area (Å²) in [5.41, 5.74) is 1.85. The first-order valence-electron chi connectivity index (χ1n) is 12.2. The molecular weight excluding hydrogens is 484 g/mol. The maximum atomic E-state index is 13.1. The molecule has 0 radical (unpaired) electrons. The maximum Gasteiger partial charge on any atom is 0.256 e. The van der Waals surface area contributed by atoms with Crippen molar-refractivity contribution in [1.82, 2.24) is 14.5 Å². The molecule has 2 N–H and O–H groups in total. The Morgan fingerprint density at radius 1 is 1.09 bits per heavy atom. The number of anilines is 1. The summed E-state index contributed by atoms with van der Waals surface area (Å²) in [7, 11) is -2.03. The third-order valence-corrected chi connectivity index (χ3v) is 9.24. The van der Waals surface area contributed by atoms with Gasteiger partial charge in [-0.2, -0.15) is 4.31 Å². The quantitative estimate of drug-likeness (QED) is 0.495. The van der Waals surface area contributed by atoms with Gasteiger partial charge in [-0.15, -0.1) is 11.3 Å². The van der Waals surface area contributed by atoms with Crippen molar-refractivity contribution in [3.05, 3.63) is 45.8 Å². The van der Waals surface area contributed by atoms with Gasteiger partial charge >= 0.3 is 0 Å². The highest BCUT2D eigenvalue weighted by Crippen LogP contribution is 2.38. The SMILES string of the molecule is CCCN(CCC)S(=O)(=O)c1ccc(C(=O)Nc2sc3c(c2C(=O)NC)CCN(C(C)C)C3)cc1. The summed E-state index contributed by atoms with van der Waals surface area (Å²) in [5.74, 6) is -0.596. The molecule has 1 aliphatic rings. The second-order valence-corrected chi connectivity index (χ2v) is 12.0. The standard InChI is InChI=1S/C25H36N4O4S2/c1-6-13-29(14-7-2)35(32,33)19-10-8-18(9-11-19)23(30)27-25-22(24(31)26-5)20-12-15-28(17(3)4)16-21(20)34-25/h8-11,17H,6-7,12-16H2,1-5H3,(H,26,31)(H,27,30). The average Bonchev–Trinajstić information content (AvgIpc) is 3.20. The van der Waals surface area contributed by atoms with E-state index in [-0.39, 0.29) is 16.7 Å². The van der Waals surface area contributed by atoms with Crippen molar-refractivity contribution in [3.8, 4) is 0 Å². The van der Waals surface area contributed by atoms with E-state index in [1.54, 1.807) is 7.05 Å². The minimum atomic E-state index is -3.62. The Kier molecular flexibility index (Phi) is 9.09. The highest BCUT2D eigenvalue weighted by Gasteiger charge is 2.29. The van der Waals surface area contributed by atoms with Crippen molar-refractivity contribution in [3.63, 3.8) is 0 Å². The van der Waals surface area contributed by atoms with Crippen LogP contribution in [-0.2, 0) is 23.0 Å². The Hall–Kier alpha value is -2.27. The van der Waals surface area contributed by atoms with Crippen LogP contribution in [0, 0.1) is 0 Å². The van der Waals surface area contributed by atoms with Gasteiger partial charge in [-0.25, -0.2) is 8.42 Å². The van der Waals surface area contributed by atoms with E-state index >= 15 is 0 Å². The van der Waals surface area contributed by atoms with Crippen molar-refractivity contribution in [2.75, 3.05) is 32.0 Å². The van der Waals surface area contributed by atoms with Crippen LogP contribution in [0.15, 0.2) is 29.2 Å². The van der Waals surface area contributed by atoms with Gasteiger partial charge in [0.05, 0.1) is 10.5 Å². The highest BCUT2D eigenvalue weighted by atomic mass is 32.2. The molecule has 0 aliphatic carbocycles. The van der Waals surface area contributed by atoms with E-state index in [0.717, 1.165) is 42.8 Å². The Morgan fingerprint density at radius 3 is 2.26 bits per heavy atom. The molecule has 1 aliphatic heterocycles. The number of sulfonamides is 1. The van der Waals surface area contributed by atoms with E-state index in [0.29, 0.717) is 35.3 Å². The minimum Gasteiger partial charge on any atom is -0.355 e. The molecule has 1 aromatic heterocycles. The van der Waals surface area contributed by atoms with Crippen LogP contribution in [0.25, 0.3) is 0 Å². The van der Waals surface area contributed by atoms with Gasteiger partial charge in [0.2, 0.25) is 10.0 Å². The molecule has 0 atom stereocenters. The van der Waals surface area contributed by atoms with Crippen molar-refractivity contribution in [2.24, 2.45) is 0 Å². The summed E-state index contributed by atoms with van der Waals surface area (Å²) in [6.07, 6.45) is 2.21. The number of nitrogens with one attached hydrogen (secondary N) is 2. The highest BCUT2D eigenvalue weighted by molar-refractivity contribution is 7.89. The number of hydrogen-bond donors (Lipinski definition) is 2. The van der Waals surface area contributed by atoms with E-state index in [1.165, 1.54) is 39.9 Å². The molecular formula is C25H36N4O4S2. The number of hydrogen-bond acceptors (Lipinski definition) is 6. The lowest BCUT2D eigenvalue weighted by molar-refractivity contribution is 0.0962. The monoisotopic (exact) mass is 520 g/mol. The zero-order valence-electron chi connectivity index (χ0n) is 21.2. The Morgan fingerprint density at radius 2 is 1.71 bits per heavy atom. The summed E-state index contributed by atoms with van der Waals surface area (Å²) >= 11 is 1.44. The molecule has 192 valence electrons. The lowest BCUT2D eigenvalue weighted by atomic mass is 10.0. The molecule has 0 saturated heterocycles. The molecule has 0 saturated carbocycles. The fraction of sp³-hybridized carbons (Fsp3) is 0.520. The molecule has 2 aromatic rings. The Balaban J connectivity index is 1.84. The van der Waals surface area contributed by atoms with E-state index in [2.05, 4.69) is 29.4 Å². The Bertz CT molecular complexity index is 1150. The van der Waals surface area contributed by atoms with Gasteiger partial charge in [-0.1, -0.05) is 13.8 Å². The maximum absolute atomic E-state index is 13.1. The smallest absolute Gasteiger partial charge is 0.256 e. The third-order valence-electron chi connectivity index (χ3n) is 6.20. The van der Waals surface area contributed by atoms with E-state index in [4.69, 9.17) is 0 Å². The number of nitrogens with zero attached hydrogens (tertiary/aromatic N) is 2. The van der Waals surface area contributed by atoms with Gasteiger partial charge in [-0.3, -0.25) is 14.5 Å². The molecule has 2 heterocycles. The number of rotatable bonds is 10. The van der Waals surface area contributed by atoms with Gasteiger partial charge in [0.25, 0.3) is 11.8 Å². The molecule has 0 unspecified atom stereocenters. The summed E-state index contributed by atoms with van der Waals surface area (Å²) in [6.45, 7) is 10.7. The molecule has 0 fully saturated rings. The fourth-order valence-electron chi connectivity index (χ4n) is 4.27. The number of benzene rings is 1. The second kappa shape index (κ2) is 11.6. The van der Waals surface area contributed by atoms with E-state index < -0.39 is 10.0 Å². The van der Waals surface area contributed by atoms with Crippen LogP contribution in [0.3, 0.4) is 0 Å². The topological polar surface area (TPSA) is 98.8 Å². The fourth-order valence-corrected chi connectivity index (χ4v) is 7.16. The first-order valence-corrected chi connectivity index (χ1v) is 14.4. The lowest BCUT2D eigenvalue weighted by Gasteiger charge is -2.30. The lowest BCUT2D eigenvalue weighted by Crippen LogP contribution is -2.35.